The molecular weight excluding hydrogens is 465 g/mol. The summed E-state index contributed by atoms with van der Waals surface area (Å²) in [5.74, 6) is -2.88. The summed E-state index contributed by atoms with van der Waals surface area (Å²) in [6.07, 6.45) is -3.32. The Kier molecular flexibility index (Phi) is 5.33. The molecule has 0 saturated carbocycles. The summed E-state index contributed by atoms with van der Waals surface area (Å²) >= 11 is 6.66. The van der Waals surface area contributed by atoms with Crippen LogP contribution in [0.25, 0.3) is 10.9 Å². The number of alkyl halides is 3. The fourth-order valence-electron chi connectivity index (χ4n) is 3.18. The van der Waals surface area contributed by atoms with Crippen molar-refractivity contribution in [1.82, 2.24) is 8.87 Å². The smallest absolute Gasteiger partial charge is 0.418 e. The fraction of sp³-hybridized carbons (Fsp3) is 0.278. The minimum absolute atomic E-state index is 0.0914. The van der Waals surface area contributed by atoms with E-state index in [0.717, 1.165) is 41.0 Å². The van der Waals surface area contributed by atoms with Gasteiger partial charge in [-0.15, -0.1) is 11.3 Å². The van der Waals surface area contributed by atoms with Gasteiger partial charge in [0, 0.05) is 11.9 Å². The number of rotatable bonds is 5. The second-order valence-corrected chi connectivity index (χ2v) is 10.4. The van der Waals surface area contributed by atoms with E-state index in [0.29, 0.717) is 12.1 Å². The Labute approximate surface area is 178 Å². The molecule has 1 fully saturated rings. The zero-order valence-corrected chi connectivity index (χ0v) is 17.5. The molecule has 0 radical (unpaired) electrons. The minimum atomic E-state index is -5.22. The highest BCUT2D eigenvalue weighted by Gasteiger charge is 2.42. The average molecular weight is 479 g/mol. The fourth-order valence-corrected chi connectivity index (χ4v) is 6.10. The Morgan fingerprint density at radius 3 is 2.50 bits per heavy atom. The molecule has 30 heavy (non-hydrogen) atoms. The predicted molar refractivity (Wildman–Crippen MR) is 105 cm³/mol. The molecule has 2 aromatic heterocycles. The first-order valence-corrected chi connectivity index (χ1v) is 11.4. The van der Waals surface area contributed by atoms with E-state index < -0.39 is 27.9 Å². The van der Waals surface area contributed by atoms with Crippen molar-refractivity contribution < 1.29 is 31.1 Å². The summed E-state index contributed by atoms with van der Waals surface area (Å²) in [5.41, 5.74) is 0.679. The SMILES string of the molecule is O=C(Oc1cn(S(=O)(=O)c2ccc(Cl)s2)c2cccc(CN3CCC3)c12)C(F)(F)F. The van der Waals surface area contributed by atoms with Gasteiger partial charge in [0.25, 0.3) is 10.0 Å². The van der Waals surface area contributed by atoms with Gasteiger partial charge in [-0.25, -0.2) is 8.77 Å². The third-order valence-corrected chi connectivity index (χ3v) is 8.06. The number of ether oxygens (including phenoxy) is 1. The van der Waals surface area contributed by atoms with Crippen LogP contribution in [0.15, 0.2) is 40.7 Å². The van der Waals surface area contributed by atoms with Crippen molar-refractivity contribution >= 4 is 49.8 Å². The molecule has 0 N–H and O–H groups in total. The second-order valence-electron chi connectivity index (χ2n) is 6.68. The molecule has 0 aliphatic carbocycles. The standard InChI is InChI=1S/C18H14ClF3N2O4S2/c19-14-5-6-15(29-14)30(26,27)24-10-13(28-17(25)18(20,21)22)16-11(3-1-4-12(16)24)9-23-7-2-8-23/h1,3-6,10H,2,7-9H2. The first-order chi connectivity index (χ1) is 14.1. The molecule has 0 amide bonds. The maximum atomic E-state index is 13.1. The van der Waals surface area contributed by atoms with E-state index in [1.807, 2.05) is 0 Å². The highest BCUT2D eigenvalue weighted by atomic mass is 35.5. The summed E-state index contributed by atoms with van der Waals surface area (Å²) < 4.78 is 70.2. The van der Waals surface area contributed by atoms with Crippen LogP contribution in [0.3, 0.4) is 0 Å². The highest BCUT2D eigenvalue weighted by molar-refractivity contribution is 7.92. The number of fused-ring (bicyclic) bond motifs is 1. The van der Waals surface area contributed by atoms with Gasteiger partial charge in [-0.2, -0.15) is 21.6 Å². The Morgan fingerprint density at radius 2 is 1.93 bits per heavy atom. The lowest BCUT2D eigenvalue weighted by Crippen LogP contribution is -2.36. The van der Waals surface area contributed by atoms with Gasteiger partial charge in [0.1, 0.15) is 4.21 Å². The number of aromatic nitrogens is 1. The van der Waals surface area contributed by atoms with Gasteiger partial charge in [0.15, 0.2) is 5.75 Å². The van der Waals surface area contributed by atoms with E-state index in [1.165, 1.54) is 18.2 Å². The number of carbonyl (C=O) groups is 1. The van der Waals surface area contributed by atoms with E-state index in [1.54, 1.807) is 12.1 Å². The van der Waals surface area contributed by atoms with Gasteiger partial charge in [0.05, 0.1) is 16.0 Å². The largest absolute Gasteiger partial charge is 0.491 e. The average Bonchev–Trinajstić information content (AvgIpc) is 3.23. The number of halogens is 4. The molecule has 3 heterocycles. The summed E-state index contributed by atoms with van der Waals surface area (Å²) in [6, 6.07) is 7.45. The number of hydrogen-bond donors (Lipinski definition) is 0. The summed E-state index contributed by atoms with van der Waals surface area (Å²) in [5, 5.41) is 0.147. The lowest BCUT2D eigenvalue weighted by atomic mass is 10.1. The highest BCUT2D eigenvalue weighted by Crippen LogP contribution is 2.37. The predicted octanol–water partition coefficient (Wildman–Crippen LogP) is 4.27. The summed E-state index contributed by atoms with van der Waals surface area (Å²) in [4.78, 5) is 13.5. The number of hydrogen-bond acceptors (Lipinski definition) is 6. The molecule has 12 heteroatoms. The van der Waals surface area contributed by atoms with Crippen LogP contribution in [-0.2, 0) is 21.4 Å². The first-order valence-electron chi connectivity index (χ1n) is 8.72. The van der Waals surface area contributed by atoms with Crippen LogP contribution in [0, 0.1) is 0 Å². The van der Waals surface area contributed by atoms with Gasteiger partial charge in [0.2, 0.25) is 0 Å². The van der Waals surface area contributed by atoms with Gasteiger partial charge in [-0.1, -0.05) is 23.7 Å². The van der Waals surface area contributed by atoms with Gasteiger partial charge in [-0.3, -0.25) is 4.90 Å². The van der Waals surface area contributed by atoms with Crippen LogP contribution < -0.4 is 4.74 Å². The van der Waals surface area contributed by atoms with Gasteiger partial charge < -0.3 is 4.74 Å². The molecule has 0 unspecified atom stereocenters. The molecule has 1 aliphatic rings. The van der Waals surface area contributed by atoms with E-state index in [-0.39, 0.29) is 19.4 Å². The molecule has 0 bridgehead atoms. The Balaban J connectivity index is 1.89. The number of benzene rings is 1. The third kappa shape index (κ3) is 3.82. The minimum Gasteiger partial charge on any atom is -0.418 e. The van der Waals surface area contributed by atoms with Crippen molar-refractivity contribution in [2.24, 2.45) is 0 Å². The lowest BCUT2D eigenvalue weighted by molar-refractivity contribution is -0.189. The zero-order valence-electron chi connectivity index (χ0n) is 15.1. The number of likely N-dealkylation sites (tertiary alicyclic amines) is 1. The van der Waals surface area contributed by atoms with E-state index in [4.69, 9.17) is 11.6 Å². The van der Waals surface area contributed by atoms with E-state index in [2.05, 4.69) is 9.64 Å². The maximum Gasteiger partial charge on any atom is 0.491 e. The van der Waals surface area contributed by atoms with Gasteiger partial charge >= 0.3 is 12.1 Å². The lowest BCUT2D eigenvalue weighted by Gasteiger charge is -2.30. The van der Waals surface area contributed by atoms with Crippen LogP contribution in [0.5, 0.6) is 5.75 Å². The topological polar surface area (TPSA) is 68.6 Å². The van der Waals surface area contributed by atoms with Crippen molar-refractivity contribution in [3.05, 3.63) is 46.4 Å². The van der Waals surface area contributed by atoms with Crippen molar-refractivity contribution in [2.75, 3.05) is 13.1 Å². The number of nitrogens with zero attached hydrogens (tertiary/aromatic N) is 2. The Morgan fingerprint density at radius 1 is 1.20 bits per heavy atom. The molecule has 0 atom stereocenters. The van der Waals surface area contributed by atoms with E-state index in [9.17, 15) is 26.4 Å². The number of esters is 1. The normalized spacial score (nSPS) is 15.3. The molecule has 1 saturated heterocycles. The number of carbonyl (C=O) groups excluding carboxylic acids is 1. The van der Waals surface area contributed by atoms with Crippen LogP contribution in [0.4, 0.5) is 13.2 Å². The molecule has 160 valence electrons. The number of thiophene rings is 1. The first kappa shape index (κ1) is 21.2. The summed E-state index contributed by atoms with van der Waals surface area (Å²) in [6.45, 7) is 2.03. The van der Waals surface area contributed by atoms with Gasteiger partial charge in [-0.05, 0) is 43.3 Å². The summed E-state index contributed by atoms with van der Waals surface area (Å²) in [7, 11) is -4.17. The van der Waals surface area contributed by atoms with Crippen LogP contribution in [0.2, 0.25) is 4.34 Å². The second kappa shape index (κ2) is 7.56. The van der Waals surface area contributed by atoms with Crippen LogP contribution >= 0.6 is 22.9 Å². The Hall–Kier alpha value is -2.08. The molecule has 0 spiro atoms. The van der Waals surface area contributed by atoms with E-state index >= 15 is 0 Å². The molecule has 3 aromatic rings. The zero-order chi connectivity index (χ0) is 21.7. The quantitative estimate of drug-likeness (QED) is 0.512. The monoisotopic (exact) mass is 478 g/mol. The Bertz CT molecular complexity index is 1230. The molecule has 4 rings (SSSR count). The van der Waals surface area contributed by atoms with Crippen molar-refractivity contribution in [3.8, 4) is 5.75 Å². The molecule has 6 nitrogen and oxygen atoms in total. The maximum absolute atomic E-state index is 13.1. The molecular formula is C18H14ClF3N2O4S2. The third-order valence-electron chi connectivity index (χ3n) is 4.69. The molecule has 1 aromatic carbocycles. The van der Waals surface area contributed by atoms with Crippen LogP contribution in [0.1, 0.15) is 12.0 Å². The van der Waals surface area contributed by atoms with Crippen molar-refractivity contribution in [1.29, 1.82) is 0 Å². The molecule has 1 aliphatic heterocycles. The van der Waals surface area contributed by atoms with Crippen molar-refractivity contribution in [2.45, 2.75) is 23.4 Å². The van der Waals surface area contributed by atoms with Crippen molar-refractivity contribution in [3.63, 3.8) is 0 Å². The van der Waals surface area contributed by atoms with Crippen LogP contribution in [-0.4, -0.2) is 42.5 Å².